The van der Waals surface area contributed by atoms with Gasteiger partial charge in [-0.15, -0.1) is 0 Å². The normalized spacial score (nSPS) is 20.8. The number of ether oxygens (including phenoxy) is 1. The number of nitrogens with two attached hydrogens (primary N) is 1. The molecule has 2 rings (SSSR count). The highest BCUT2D eigenvalue weighted by atomic mass is 32.2. The average molecular weight is 270 g/mol. The predicted molar refractivity (Wildman–Crippen MR) is 69.6 cm³/mol. The van der Waals surface area contributed by atoms with Crippen LogP contribution >= 0.6 is 0 Å². The fourth-order valence-corrected chi connectivity index (χ4v) is 3.72. The molecule has 0 radical (unpaired) electrons. The molecule has 0 saturated carbocycles. The van der Waals surface area contributed by atoms with Crippen LogP contribution in [0.4, 0.5) is 5.69 Å². The predicted octanol–water partition coefficient (Wildman–Crippen LogP) is 1.07. The van der Waals surface area contributed by atoms with Gasteiger partial charge in [0.25, 0.3) is 0 Å². The third-order valence-corrected chi connectivity index (χ3v) is 4.85. The van der Waals surface area contributed by atoms with Crippen LogP contribution in [-0.4, -0.2) is 38.0 Å². The van der Waals surface area contributed by atoms with Crippen molar-refractivity contribution >= 4 is 15.7 Å². The molecule has 5 nitrogen and oxygen atoms in total. The summed E-state index contributed by atoms with van der Waals surface area (Å²) in [5.41, 5.74) is 5.56. The first-order valence-electron chi connectivity index (χ1n) is 5.81. The molecule has 100 valence electrons. The summed E-state index contributed by atoms with van der Waals surface area (Å²) in [4.78, 5) is 0.169. The van der Waals surface area contributed by atoms with Gasteiger partial charge in [0.1, 0.15) is 4.90 Å². The SMILES string of the molecule is CC1(C)CN(S(=O)(=O)c2ccccc2N)CCO1. The minimum Gasteiger partial charge on any atom is -0.398 e. The van der Waals surface area contributed by atoms with Crippen LogP contribution in [0.25, 0.3) is 0 Å². The molecule has 0 spiro atoms. The van der Waals surface area contributed by atoms with Gasteiger partial charge in [-0.25, -0.2) is 8.42 Å². The number of hydrogen-bond acceptors (Lipinski definition) is 4. The molecule has 0 aliphatic carbocycles. The lowest BCUT2D eigenvalue weighted by Gasteiger charge is -2.37. The Labute approximate surface area is 108 Å². The lowest BCUT2D eigenvalue weighted by molar-refractivity contribution is -0.0640. The summed E-state index contributed by atoms with van der Waals surface area (Å²) in [6, 6.07) is 6.53. The molecule has 1 aliphatic rings. The molecule has 0 unspecified atom stereocenters. The van der Waals surface area contributed by atoms with E-state index in [1.165, 1.54) is 10.4 Å². The highest BCUT2D eigenvalue weighted by Crippen LogP contribution is 2.26. The maximum absolute atomic E-state index is 12.5. The third kappa shape index (κ3) is 2.50. The van der Waals surface area contributed by atoms with E-state index in [4.69, 9.17) is 10.5 Å². The number of para-hydroxylation sites is 1. The van der Waals surface area contributed by atoms with Crippen LogP contribution in [0.2, 0.25) is 0 Å². The Morgan fingerprint density at radius 3 is 2.61 bits per heavy atom. The summed E-state index contributed by atoms with van der Waals surface area (Å²) in [5, 5.41) is 0. The number of morpholine rings is 1. The van der Waals surface area contributed by atoms with Crippen molar-refractivity contribution in [2.75, 3.05) is 25.4 Å². The largest absolute Gasteiger partial charge is 0.398 e. The highest BCUT2D eigenvalue weighted by Gasteiger charge is 2.35. The summed E-state index contributed by atoms with van der Waals surface area (Å²) in [7, 11) is -3.54. The standard InChI is InChI=1S/C12H18N2O3S/c1-12(2)9-14(7-8-17-12)18(15,16)11-6-4-3-5-10(11)13/h3-6H,7-9,13H2,1-2H3. The zero-order valence-electron chi connectivity index (χ0n) is 10.6. The first-order chi connectivity index (χ1) is 8.33. The molecule has 0 amide bonds. The van der Waals surface area contributed by atoms with Crippen LogP contribution < -0.4 is 5.73 Å². The number of rotatable bonds is 2. The number of hydrogen-bond donors (Lipinski definition) is 1. The van der Waals surface area contributed by atoms with E-state index in [0.717, 1.165) is 0 Å². The second-order valence-corrected chi connectivity index (χ2v) is 6.89. The van der Waals surface area contributed by atoms with Crippen LogP contribution in [0.15, 0.2) is 29.2 Å². The summed E-state index contributed by atoms with van der Waals surface area (Å²) in [5.74, 6) is 0. The van der Waals surface area contributed by atoms with Crippen molar-refractivity contribution in [3.05, 3.63) is 24.3 Å². The fraction of sp³-hybridized carbons (Fsp3) is 0.500. The van der Waals surface area contributed by atoms with Gasteiger partial charge in [-0.1, -0.05) is 12.1 Å². The highest BCUT2D eigenvalue weighted by molar-refractivity contribution is 7.89. The van der Waals surface area contributed by atoms with E-state index in [1.54, 1.807) is 18.2 Å². The fourth-order valence-electron chi connectivity index (χ4n) is 2.03. The molecule has 1 aromatic rings. The van der Waals surface area contributed by atoms with Crippen LogP contribution in [0.3, 0.4) is 0 Å². The van der Waals surface area contributed by atoms with Gasteiger partial charge in [-0.05, 0) is 26.0 Å². The van der Waals surface area contributed by atoms with Crippen LogP contribution in [0.1, 0.15) is 13.8 Å². The molecule has 1 heterocycles. The van der Waals surface area contributed by atoms with Crippen molar-refractivity contribution in [1.82, 2.24) is 4.31 Å². The Morgan fingerprint density at radius 2 is 2.00 bits per heavy atom. The van der Waals surface area contributed by atoms with E-state index in [0.29, 0.717) is 19.7 Å². The zero-order valence-corrected chi connectivity index (χ0v) is 11.4. The van der Waals surface area contributed by atoms with Crippen molar-refractivity contribution in [2.24, 2.45) is 0 Å². The van der Waals surface area contributed by atoms with Crippen molar-refractivity contribution in [3.63, 3.8) is 0 Å². The van der Waals surface area contributed by atoms with Gasteiger partial charge in [-0.3, -0.25) is 0 Å². The molecule has 0 aromatic heterocycles. The first-order valence-corrected chi connectivity index (χ1v) is 7.25. The van der Waals surface area contributed by atoms with Crippen LogP contribution in [-0.2, 0) is 14.8 Å². The van der Waals surface area contributed by atoms with Gasteiger partial charge in [0.2, 0.25) is 10.0 Å². The second-order valence-electron chi connectivity index (χ2n) is 4.98. The Kier molecular flexibility index (Phi) is 3.35. The number of nitrogen functional groups attached to an aromatic ring is 1. The number of nitrogens with zero attached hydrogens (tertiary/aromatic N) is 1. The van der Waals surface area contributed by atoms with Gasteiger partial charge < -0.3 is 10.5 Å². The maximum Gasteiger partial charge on any atom is 0.245 e. The molecule has 18 heavy (non-hydrogen) atoms. The van der Waals surface area contributed by atoms with Crippen molar-refractivity contribution in [2.45, 2.75) is 24.3 Å². The van der Waals surface area contributed by atoms with E-state index in [1.807, 2.05) is 13.8 Å². The van der Waals surface area contributed by atoms with Crippen LogP contribution in [0.5, 0.6) is 0 Å². The Bertz CT molecular complexity index is 540. The van der Waals surface area contributed by atoms with E-state index in [9.17, 15) is 8.42 Å². The Morgan fingerprint density at radius 1 is 1.33 bits per heavy atom. The molecular weight excluding hydrogens is 252 g/mol. The summed E-state index contributed by atoms with van der Waals surface area (Å²) in [6.07, 6.45) is 0. The lowest BCUT2D eigenvalue weighted by Crippen LogP contribution is -2.50. The molecule has 1 aromatic carbocycles. The molecule has 2 N–H and O–H groups in total. The number of anilines is 1. The lowest BCUT2D eigenvalue weighted by atomic mass is 10.1. The van der Waals surface area contributed by atoms with E-state index in [-0.39, 0.29) is 10.6 Å². The van der Waals surface area contributed by atoms with E-state index >= 15 is 0 Å². The second kappa shape index (κ2) is 4.53. The first kappa shape index (κ1) is 13.3. The van der Waals surface area contributed by atoms with Gasteiger partial charge in [0, 0.05) is 13.1 Å². The minimum atomic E-state index is -3.54. The van der Waals surface area contributed by atoms with Gasteiger partial charge in [0.05, 0.1) is 17.9 Å². The van der Waals surface area contributed by atoms with E-state index in [2.05, 4.69) is 0 Å². The molecule has 0 atom stereocenters. The van der Waals surface area contributed by atoms with Gasteiger partial charge >= 0.3 is 0 Å². The molecule has 1 fully saturated rings. The van der Waals surface area contributed by atoms with Gasteiger partial charge in [-0.2, -0.15) is 4.31 Å². The van der Waals surface area contributed by atoms with Crippen molar-refractivity contribution in [1.29, 1.82) is 0 Å². The Hall–Kier alpha value is -1.11. The smallest absolute Gasteiger partial charge is 0.245 e. The third-order valence-electron chi connectivity index (χ3n) is 2.93. The molecule has 1 saturated heterocycles. The summed E-state index contributed by atoms with van der Waals surface area (Å²) in [6.45, 7) is 4.86. The van der Waals surface area contributed by atoms with Crippen molar-refractivity contribution < 1.29 is 13.2 Å². The average Bonchev–Trinajstić information content (AvgIpc) is 2.28. The monoisotopic (exact) mass is 270 g/mol. The number of benzene rings is 1. The summed E-state index contributed by atoms with van der Waals surface area (Å²) >= 11 is 0. The number of sulfonamides is 1. The molecule has 0 bridgehead atoms. The Balaban J connectivity index is 2.35. The minimum absolute atomic E-state index is 0.169. The zero-order chi connectivity index (χ0) is 13.4. The molecular formula is C12H18N2O3S. The molecule has 1 aliphatic heterocycles. The maximum atomic E-state index is 12.5. The summed E-state index contributed by atoms with van der Waals surface area (Å²) < 4.78 is 31.9. The van der Waals surface area contributed by atoms with Crippen LogP contribution in [0, 0.1) is 0 Å². The quantitative estimate of drug-likeness (QED) is 0.816. The molecule has 6 heteroatoms. The van der Waals surface area contributed by atoms with E-state index < -0.39 is 15.6 Å². The van der Waals surface area contributed by atoms with Gasteiger partial charge in [0.15, 0.2) is 0 Å². The topological polar surface area (TPSA) is 72.6 Å². The van der Waals surface area contributed by atoms with Crippen molar-refractivity contribution in [3.8, 4) is 0 Å².